The van der Waals surface area contributed by atoms with Crippen molar-refractivity contribution in [2.75, 3.05) is 19.6 Å². The Morgan fingerprint density at radius 2 is 1.62 bits per heavy atom. The van der Waals surface area contributed by atoms with Gasteiger partial charge in [-0.3, -0.25) is 4.90 Å². The molecule has 1 aliphatic heterocycles. The Kier molecular flexibility index (Phi) is 4.74. The normalized spacial score (nSPS) is 23.1. The lowest BCUT2D eigenvalue weighted by molar-refractivity contribution is 0.165. The molecule has 1 rings (SSSR count). The monoisotopic (exact) mass is 184 g/mol. The third-order valence-corrected chi connectivity index (χ3v) is 3.12. The molecule has 0 spiro atoms. The maximum absolute atomic E-state index is 5.81. The Morgan fingerprint density at radius 1 is 1.08 bits per heavy atom. The van der Waals surface area contributed by atoms with Crippen LogP contribution in [0.15, 0.2) is 0 Å². The summed E-state index contributed by atoms with van der Waals surface area (Å²) in [4.78, 5) is 2.59. The van der Waals surface area contributed by atoms with Crippen molar-refractivity contribution in [1.29, 1.82) is 0 Å². The Morgan fingerprint density at radius 3 is 2.00 bits per heavy atom. The van der Waals surface area contributed by atoms with Crippen molar-refractivity contribution in [1.82, 2.24) is 4.90 Å². The summed E-state index contributed by atoms with van der Waals surface area (Å²) in [7, 11) is 0. The van der Waals surface area contributed by atoms with Crippen LogP contribution in [0.5, 0.6) is 0 Å². The molecule has 1 unspecified atom stereocenters. The summed E-state index contributed by atoms with van der Waals surface area (Å²) in [5.41, 5.74) is 5.81. The number of rotatable bonds is 3. The molecule has 0 aromatic rings. The van der Waals surface area contributed by atoms with Gasteiger partial charge in [0.15, 0.2) is 0 Å². The van der Waals surface area contributed by atoms with Crippen LogP contribution in [0.4, 0.5) is 0 Å². The summed E-state index contributed by atoms with van der Waals surface area (Å²) < 4.78 is 0. The molecular formula is C11H24N2. The van der Waals surface area contributed by atoms with Gasteiger partial charge in [-0.2, -0.15) is 0 Å². The SMILES string of the molecule is CC(C)C(CN)N1CCCCCC1. The van der Waals surface area contributed by atoms with Crippen LogP contribution in [-0.4, -0.2) is 30.6 Å². The number of nitrogens with two attached hydrogens (primary N) is 1. The standard InChI is InChI=1S/C11H24N2/c1-10(2)11(9-12)13-7-5-3-4-6-8-13/h10-11H,3-9,12H2,1-2H3. The fourth-order valence-electron chi connectivity index (χ4n) is 2.27. The second-order valence-electron chi connectivity index (χ2n) is 4.50. The quantitative estimate of drug-likeness (QED) is 0.725. The van der Waals surface area contributed by atoms with Crippen LogP contribution in [-0.2, 0) is 0 Å². The highest BCUT2D eigenvalue weighted by molar-refractivity contribution is 4.77. The van der Waals surface area contributed by atoms with E-state index < -0.39 is 0 Å². The molecule has 78 valence electrons. The number of likely N-dealkylation sites (tertiary alicyclic amines) is 1. The zero-order valence-electron chi connectivity index (χ0n) is 9.13. The lowest BCUT2D eigenvalue weighted by Gasteiger charge is -2.32. The van der Waals surface area contributed by atoms with Crippen molar-refractivity contribution in [3.05, 3.63) is 0 Å². The van der Waals surface area contributed by atoms with Gasteiger partial charge in [0.05, 0.1) is 0 Å². The molecule has 2 N–H and O–H groups in total. The van der Waals surface area contributed by atoms with Gasteiger partial charge in [0, 0.05) is 12.6 Å². The molecule has 1 heterocycles. The molecule has 1 atom stereocenters. The Balaban J connectivity index is 2.45. The maximum atomic E-state index is 5.81. The van der Waals surface area contributed by atoms with Gasteiger partial charge in [0.2, 0.25) is 0 Å². The topological polar surface area (TPSA) is 29.3 Å². The first-order valence-electron chi connectivity index (χ1n) is 5.70. The smallest absolute Gasteiger partial charge is 0.0241 e. The van der Waals surface area contributed by atoms with Gasteiger partial charge in [-0.1, -0.05) is 26.7 Å². The number of hydrogen-bond donors (Lipinski definition) is 1. The minimum Gasteiger partial charge on any atom is -0.329 e. The van der Waals surface area contributed by atoms with E-state index >= 15 is 0 Å². The summed E-state index contributed by atoms with van der Waals surface area (Å²) in [6, 6.07) is 0.609. The largest absolute Gasteiger partial charge is 0.329 e. The Hall–Kier alpha value is -0.0800. The average molecular weight is 184 g/mol. The van der Waals surface area contributed by atoms with E-state index in [-0.39, 0.29) is 0 Å². The minimum atomic E-state index is 0.609. The maximum Gasteiger partial charge on any atom is 0.0241 e. The van der Waals surface area contributed by atoms with Gasteiger partial charge in [-0.25, -0.2) is 0 Å². The summed E-state index contributed by atoms with van der Waals surface area (Å²) in [6.07, 6.45) is 5.55. The summed E-state index contributed by atoms with van der Waals surface area (Å²) >= 11 is 0. The molecule has 2 heteroatoms. The predicted octanol–water partition coefficient (Wildman–Crippen LogP) is 1.85. The van der Waals surface area contributed by atoms with E-state index in [1.165, 1.54) is 38.8 Å². The van der Waals surface area contributed by atoms with Crippen molar-refractivity contribution in [2.24, 2.45) is 11.7 Å². The number of nitrogens with zero attached hydrogens (tertiary/aromatic N) is 1. The predicted molar refractivity (Wildman–Crippen MR) is 57.7 cm³/mol. The molecule has 1 fully saturated rings. The molecule has 0 bridgehead atoms. The van der Waals surface area contributed by atoms with Crippen molar-refractivity contribution < 1.29 is 0 Å². The van der Waals surface area contributed by atoms with E-state index in [0.29, 0.717) is 12.0 Å². The second-order valence-corrected chi connectivity index (χ2v) is 4.50. The lowest BCUT2D eigenvalue weighted by Crippen LogP contribution is -2.44. The van der Waals surface area contributed by atoms with Gasteiger partial charge in [0.1, 0.15) is 0 Å². The van der Waals surface area contributed by atoms with Gasteiger partial charge in [-0.15, -0.1) is 0 Å². The van der Waals surface area contributed by atoms with Crippen LogP contribution in [0, 0.1) is 5.92 Å². The highest BCUT2D eigenvalue weighted by Gasteiger charge is 2.20. The molecule has 0 aromatic heterocycles. The zero-order chi connectivity index (χ0) is 9.68. The van der Waals surface area contributed by atoms with Crippen molar-refractivity contribution in [2.45, 2.75) is 45.6 Å². The Bertz CT molecular complexity index is 126. The minimum absolute atomic E-state index is 0.609. The summed E-state index contributed by atoms with van der Waals surface area (Å²) in [6.45, 7) is 7.91. The Labute approximate surface area is 82.5 Å². The van der Waals surface area contributed by atoms with Crippen LogP contribution >= 0.6 is 0 Å². The fourth-order valence-corrected chi connectivity index (χ4v) is 2.27. The van der Waals surface area contributed by atoms with Crippen LogP contribution < -0.4 is 5.73 Å². The van der Waals surface area contributed by atoms with E-state index in [4.69, 9.17) is 5.73 Å². The zero-order valence-corrected chi connectivity index (χ0v) is 9.13. The molecule has 13 heavy (non-hydrogen) atoms. The van der Waals surface area contributed by atoms with Gasteiger partial charge in [-0.05, 0) is 31.8 Å². The first kappa shape index (κ1) is 11.0. The van der Waals surface area contributed by atoms with Gasteiger partial charge < -0.3 is 5.73 Å². The van der Waals surface area contributed by atoms with Crippen molar-refractivity contribution >= 4 is 0 Å². The van der Waals surface area contributed by atoms with Crippen LogP contribution in [0.25, 0.3) is 0 Å². The van der Waals surface area contributed by atoms with Crippen LogP contribution in [0.3, 0.4) is 0 Å². The van der Waals surface area contributed by atoms with Gasteiger partial charge >= 0.3 is 0 Å². The van der Waals surface area contributed by atoms with E-state index in [9.17, 15) is 0 Å². The molecule has 0 saturated carbocycles. The van der Waals surface area contributed by atoms with Crippen molar-refractivity contribution in [3.8, 4) is 0 Å². The highest BCUT2D eigenvalue weighted by Crippen LogP contribution is 2.16. The molecule has 0 amide bonds. The van der Waals surface area contributed by atoms with E-state index in [1.54, 1.807) is 0 Å². The first-order valence-corrected chi connectivity index (χ1v) is 5.70. The lowest BCUT2D eigenvalue weighted by atomic mass is 10.0. The molecule has 1 saturated heterocycles. The van der Waals surface area contributed by atoms with Crippen molar-refractivity contribution in [3.63, 3.8) is 0 Å². The van der Waals surface area contributed by atoms with E-state index in [2.05, 4.69) is 18.7 Å². The average Bonchev–Trinajstić information content (AvgIpc) is 2.33. The molecule has 0 aromatic carbocycles. The van der Waals surface area contributed by atoms with E-state index in [0.717, 1.165) is 6.54 Å². The van der Waals surface area contributed by atoms with Crippen LogP contribution in [0.2, 0.25) is 0 Å². The molecule has 0 aliphatic carbocycles. The molecule has 0 radical (unpaired) electrons. The third kappa shape index (κ3) is 3.28. The summed E-state index contributed by atoms with van der Waals surface area (Å²) in [5, 5.41) is 0. The third-order valence-electron chi connectivity index (χ3n) is 3.12. The number of hydrogen-bond acceptors (Lipinski definition) is 2. The fraction of sp³-hybridized carbons (Fsp3) is 1.00. The summed E-state index contributed by atoms with van der Waals surface area (Å²) in [5.74, 6) is 0.697. The molecule has 1 aliphatic rings. The van der Waals surface area contributed by atoms with Gasteiger partial charge in [0.25, 0.3) is 0 Å². The molecule has 2 nitrogen and oxygen atoms in total. The second kappa shape index (κ2) is 5.61. The van der Waals surface area contributed by atoms with E-state index in [1.807, 2.05) is 0 Å². The molecular weight excluding hydrogens is 160 g/mol. The highest BCUT2D eigenvalue weighted by atomic mass is 15.2. The van der Waals surface area contributed by atoms with Crippen LogP contribution in [0.1, 0.15) is 39.5 Å². The first-order chi connectivity index (χ1) is 6.25.